The number of thiophene rings is 1. The number of fused-ring (bicyclic) bond motifs is 5. The van der Waals surface area contributed by atoms with Crippen LogP contribution in [-0.2, 0) is 4.79 Å². The van der Waals surface area contributed by atoms with Crippen molar-refractivity contribution in [2.24, 2.45) is 34.5 Å². The van der Waals surface area contributed by atoms with Crippen LogP contribution in [0.25, 0.3) is 6.08 Å². The number of ketones is 1. The number of carbonyl (C=O) groups is 1. The van der Waals surface area contributed by atoms with Crippen molar-refractivity contribution < 1.29 is 4.79 Å². The van der Waals surface area contributed by atoms with Crippen LogP contribution in [0.4, 0.5) is 0 Å². The third kappa shape index (κ3) is 2.37. The number of carbonyl (C=O) groups excluding carboxylic acids is 1. The summed E-state index contributed by atoms with van der Waals surface area (Å²) in [4.78, 5) is 14.6. The average Bonchev–Trinajstić information content (AvgIpc) is 3.23. The van der Waals surface area contributed by atoms with Gasteiger partial charge in [-0.2, -0.15) is 0 Å². The Labute approximate surface area is 162 Å². The van der Waals surface area contributed by atoms with Crippen LogP contribution in [0.2, 0.25) is 0 Å². The zero-order valence-corrected chi connectivity index (χ0v) is 17.1. The zero-order valence-electron chi connectivity index (χ0n) is 16.3. The molecule has 1 aromatic rings. The molecule has 0 radical (unpaired) electrons. The Hall–Kier alpha value is -0.890. The predicted molar refractivity (Wildman–Crippen MR) is 109 cm³/mol. The summed E-state index contributed by atoms with van der Waals surface area (Å²) < 4.78 is 0. The van der Waals surface area contributed by atoms with Crippen LogP contribution >= 0.6 is 11.3 Å². The summed E-state index contributed by atoms with van der Waals surface area (Å²) in [6.45, 7) is 4.93. The van der Waals surface area contributed by atoms with Gasteiger partial charge in [0.2, 0.25) is 0 Å². The van der Waals surface area contributed by atoms with Gasteiger partial charge in [0.1, 0.15) is 0 Å². The molecule has 0 aromatic carbocycles. The van der Waals surface area contributed by atoms with E-state index in [0.717, 1.165) is 36.2 Å². The fourth-order valence-corrected chi connectivity index (χ4v) is 8.32. The molecule has 0 bridgehead atoms. The summed E-state index contributed by atoms with van der Waals surface area (Å²) in [7, 11) is 0. The SMILES string of the molecule is C[C@]12CCCC[C@@H]1CC[C@@H]1[C@H]2CC[C@]2(C)C(=O)/C(=C/c3cccs3)C[C@H]12. The van der Waals surface area contributed by atoms with Gasteiger partial charge in [0.05, 0.1) is 0 Å². The molecule has 4 aliphatic carbocycles. The molecule has 1 heterocycles. The van der Waals surface area contributed by atoms with Gasteiger partial charge in [0, 0.05) is 10.3 Å². The number of hydrogen-bond donors (Lipinski definition) is 0. The summed E-state index contributed by atoms with van der Waals surface area (Å²) >= 11 is 1.75. The van der Waals surface area contributed by atoms with Crippen LogP contribution < -0.4 is 0 Å². The summed E-state index contributed by atoms with van der Waals surface area (Å²) in [5.41, 5.74) is 1.60. The van der Waals surface area contributed by atoms with Crippen molar-refractivity contribution in [2.75, 3.05) is 0 Å². The third-order valence-electron chi connectivity index (χ3n) is 9.08. The van der Waals surface area contributed by atoms with Crippen molar-refractivity contribution in [2.45, 2.75) is 71.6 Å². The first-order valence-electron chi connectivity index (χ1n) is 10.8. The molecule has 0 saturated heterocycles. The lowest BCUT2D eigenvalue weighted by atomic mass is 9.45. The van der Waals surface area contributed by atoms with Gasteiger partial charge in [-0.25, -0.2) is 0 Å². The lowest BCUT2D eigenvalue weighted by Gasteiger charge is -2.59. The maximum Gasteiger partial charge on any atom is 0.165 e. The van der Waals surface area contributed by atoms with E-state index in [1.165, 1.54) is 49.8 Å². The van der Waals surface area contributed by atoms with Gasteiger partial charge in [-0.3, -0.25) is 4.79 Å². The van der Waals surface area contributed by atoms with Crippen LogP contribution in [0, 0.1) is 34.5 Å². The van der Waals surface area contributed by atoms with Crippen LogP contribution in [-0.4, -0.2) is 5.78 Å². The molecule has 0 amide bonds. The molecule has 2 heteroatoms. The topological polar surface area (TPSA) is 17.1 Å². The smallest absolute Gasteiger partial charge is 0.165 e. The molecule has 0 spiro atoms. The van der Waals surface area contributed by atoms with Crippen molar-refractivity contribution in [3.63, 3.8) is 0 Å². The average molecular weight is 369 g/mol. The second kappa shape index (κ2) is 6.06. The molecule has 1 nitrogen and oxygen atoms in total. The maximum absolute atomic E-state index is 13.4. The highest BCUT2D eigenvalue weighted by Gasteiger charge is 2.60. The Balaban J connectivity index is 1.47. The van der Waals surface area contributed by atoms with E-state index in [2.05, 4.69) is 37.4 Å². The molecule has 1 aromatic heterocycles. The largest absolute Gasteiger partial charge is 0.294 e. The Morgan fingerprint density at radius 1 is 1.08 bits per heavy atom. The Bertz CT molecular complexity index is 731. The van der Waals surface area contributed by atoms with E-state index in [-0.39, 0.29) is 5.41 Å². The van der Waals surface area contributed by atoms with Gasteiger partial charge in [0.15, 0.2) is 5.78 Å². The van der Waals surface area contributed by atoms with Crippen LogP contribution in [0.1, 0.15) is 76.5 Å². The van der Waals surface area contributed by atoms with Gasteiger partial charge in [0.25, 0.3) is 0 Å². The van der Waals surface area contributed by atoms with E-state index in [1.54, 1.807) is 11.3 Å². The highest BCUT2D eigenvalue weighted by atomic mass is 32.1. The summed E-state index contributed by atoms with van der Waals surface area (Å²) in [6.07, 6.45) is 14.2. The van der Waals surface area contributed by atoms with Gasteiger partial charge in [-0.15, -0.1) is 11.3 Å². The monoisotopic (exact) mass is 368 g/mol. The Morgan fingerprint density at radius 3 is 2.77 bits per heavy atom. The Kier molecular flexibility index (Phi) is 4.01. The van der Waals surface area contributed by atoms with Gasteiger partial charge >= 0.3 is 0 Å². The molecule has 5 rings (SSSR count). The second-order valence-corrected chi connectivity index (χ2v) is 11.1. The molecule has 0 aliphatic heterocycles. The summed E-state index contributed by atoms with van der Waals surface area (Å²) in [5, 5.41) is 2.11. The summed E-state index contributed by atoms with van der Waals surface area (Å²) in [6, 6.07) is 4.23. The molecule has 4 saturated carbocycles. The maximum atomic E-state index is 13.4. The van der Waals surface area contributed by atoms with Gasteiger partial charge < -0.3 is 0 Å². The van der Waals surface area contributed by atoms with Gasteiger partial charge in [-0.05, 0) is 97.1 Å². The lowest BCUT2D eigenvalue weighted by molar-refractivity contribution is -0.137. The molecule has 4 fully saturated rings. The minimum Gasteiger partial charge on any atom is -0.294 e. The lowest BCUT2D eigenvalue weighted by Crippen LogP contribution is -2.52. The third-order valence-corrected chi connectivity index (χ3v) is 9.90. The molecular formula is C24H32OS. The van der Waals surface area contributed by atoms with E-state index in [4.69, 9.17) is 0 Å². The predicted octanol–water partition coefficient (Wildman–Crippen LogP) is 6.74. The standard InChI is InChI=1S/C24H32OS/c1-23-11-4-3-6-17(23)8-9-19-20(23)10-12-24(2)21(19)15-16(22(24)25)14-18-7-5-13-26-18/h5,7,13-14,17,19-21H,3-4,6,8-12,15H2,1-2H3/b16-14+/t17-,19-,20-,21-,23+,24+/m1/s1. The van der Waals surface area contributed by atoms with E-state index in [1.807, 2.05) is 0 Å². The fraction of sp³-hybridized carbons (Fsp3) is 0.708. The van der Waals surface area contributed by atoms with E-state index in [9.17, 15) is 4.79 Å². The Morgan fingerprint density at radius 2 is 1.96 bits per heavy atom. The first kappa shape index (κ1) is 17.2. The number of allylic oxidation sites excluding steroid dienone is 1. The van der Waals surface area contributed by atoms with Crippen molar-refractivity contribution in [1.82, 2.24) is 0 Å². The first-order chi connectivity index (χ1) is 12.5. The van der Waals surface area contributed by atoms with Crippen molar-refractivity contribution in [3.05, 3.63) is 28.0 Å². The minimum absolute atomic E-state index is 0.0812. The molecule has 6 atom stereocenters. The van der Waals surface area contributed by atoms with Crippen molar-refractivity contribution in [3.8, 4) is 0 Å². The molecule has 0 unspecified atom stereocenters. The van der Waals surface area contributed by atoms with Crippen LogP contribution in [0.15, 0.2) is 23.1 Å². The molecule has 4 aliphatic rings. The normalized spacial score (nSPS) is 46.7. The molecular weight excluding hydrogens is 336 g/mol. The molecule has 140 valence electrons. The molecule has 26 heavy (non-hydrogen) atoms. The molecule has 0 N–H and O–H groups in total. The minimum atomic E-state index is -0.0812. The number of rotatable bonds is 1. The van der Waals surface area contributed by atoms with Crippen LogP contribution in [0.3, 0.4) is 0 Å². The first-order valence-corrected chi connectivity index (χ1v) is 11.7. The van der Waals surface area contributed by atoms with E-state index in [0.29, 0.717) is 17.1 Å². The quantitative estimate of drug-likeness (QED) is 0.501. The summed E-state index contributed by atoms with van der Waals surface area (Å²) in [5.74, 6) is 3.69. The van der Waals surface area contributed by atoms with Crippen molar-refractivity contribution in [1.29, 1.82) is 0 Å². The highest BCUT2D eigenvalue weighted by molar-refractivity contribution is 7.10. The van der Waals surface area contributed by atoms with E-state index >= 15 is 0 Å². The zero-order chi connectivity index (χ0) is 17.9. The second-order valence-electron chi connectivity index (χ2n) is 10.1. The van der Waals surface area contributed by atoms with Gasteiger partial charge in [-0.1, -0.05) is 32.8 Å². The van der Waals surface area contributed by atoms with E-state index < -0.39 is 0 Å². The fourth-order valence-electron chi connectivity index (χ4n) is 7.64. The van der Waals surface area contributed by atoms with Crippen molar-refractivity contribution >= 4 is 23.2 Å². The van der Waals surface area contributed by atoms with Crippen LogP contribution in [0.5, 0.6) is 0 Å². The number of hydrogen-bond acceptors (Lipinski definition) is 2. The number of Topliss-reactive ketones (excluding diaryl/α,β-unsaturated/α-hetero) is 1. The highest BCUT2D eigenvalue weighted by Crippen LogP contribution is 2.66.